The zero-order valence-electron chi connectivity index (χ0n) is 14.5. The van der Waals surface area contributed by atoms with Crippen LogP contribution in [0, 0.1) is 3.57 Å². The summed E-state index contributed by atoms with van der Waals surface area (Å²) in [5, 5.41) is 0. The molecule has 136 valence electrons. The summed E-state index contributed by atoms with van der Waals surface area (Å²) in [4.78, 5) is 16.3. The average molecular weight is 467 g/mol. The average Bonchev–Trinajstić information content (AvgIpc) is 3.27. The molecule has 0 aliphatic carbocycles. The number of aliphatic imine (C=N–C) groups is 1. The minimum atomic E-state index is -0.520. The number of carbonyl (C=O) groups is 1. The molecule has 0 fully saturated rings. The van der Waals surface area contributed by atoms with Crippen molar-refractivity contribution in [1.29, 1.82) is 0 Å². The molecule has 26 heavy (non-hydrogen) atoms. The quantitative estimate of drug-likeness (QED) is 0.261. The molecule has 2 aromatic rings. The van der Waals surface area contributed by atoms with Gasteiger partial charge in [-0.3, -0.25) is 0 Å². The summed E-state index contributed by atoms with van der Waals surface area (Å²) in [6.07, 6.45) is 5.18. The van der Waals surface area contributed by atoms with E-state index in [9.17, 15) is 4.79 Å². The maximum absolute atomic E-state index is 12.1. The van der Waals surface area contributed by atoms with Gasteiger partial charge < -0.3 is 18.6 Å². The third-order valence-corrected chi connectivity index (χ3v) is 4.45. The number of furan rings is 1. The van der Waals surface area contributed by atoms with E-state index in [1.165, 1.54) is 6.26 Å². The van der Waals surface area contributed by atoms with Gasteiger partial charge in [-0.15, -0.1) is 0 Å². The Morgan fingerprint density at radius 2 is 2.19 bits per heavy atom. The monoisotopic (exact) mass is 467 g/mol. The van der Waals surface area contributed by atoms with E-state index in [4.69, 9.17) is 18.6 Å². The number of halogens is 1. The van der Waals surface area contributed by atoms with Crippen LogP contribution in [0.2, 0.25) is 0 Å². The van der Waals surface area contributed by atoms with Crippen LogP contribution < -0.4 is 9.47 Å². The van der Waals surface area contributed by atoms with Crippen LogP contribution in [0.15, 0.2) is 45.6 Å². The molecule has 0 saturated heterocycles. The molecule has 0 saturated carbocycles. The van der Waals surface area contributed by atoms with E-state index in [1.807, 2.05) is 12.1 Å². The van der Waals surface area contributed by atoms with Crippen LogP contribution in [0.25, 0.3) is 6.08 Å². The Morgan fingerprint density at radius 3 is 2.88 bits per heavy atom. The summed E-state index contributed by atoms with van der Waals surface area (Å²) < 4.78 is 22.5. The normalized spacial score (nSPS) is 15.1. The van der Waals surface area contributed by atoms with Gasteiger partial charge >= 0.3 is 5.97 Å². The van der Waals surface area contributed by atoms with Crippen LogP contribution >= 0.6 is 22.6 Å². The fraction of sp³-hybridized carbons (Fsp3) is 0.263. The molecule has 7 heteroatoms. The number of methoxy groups -OCH3 is 1. The lowest BCUT2D eigenvalue weighted by Gasteiger charge is -2.13. The van der Waals surface area contributed by atoms with E-state index >= 15 is 0 Å². The first-order valence-electron chi connectivity index (χ1n) is 8.19. The van der Waals surface area contributed by atoms with Crippen molar-refractivity contribution in [3.8, 4) is 11.5 Å². The zero-order valence-corrected chi connectivity index (χ0v) is 16.6. The van der Waals surface area contributed by atoms with Crippen LogP contribution in [0.1, 0.15) is 31.1 Å². The number of ether oxygens (including phenoxy) is 3. The molecule has 1 aliphatic heterocycles. The van der Waals surface area contributed by atoms with Gasteiger partial charge in [-0.2, -0.15) is 0 Å². The number of esters is 1. The number of hydrogen-bond donors (Lipinski definition) is 0. The highest BCUT2D eigenvalue weighted by molar-refractivity contribution is 14.1. The summed E-state index contributed by atoms with van der Waals surface area (Å²) >= 11 is 2.19. The SMILES string of the molecule is CCCCOc1c(I)cc(/C=C2\N=C(c3ccco3)OC2=O)cc1OC. The largest absolute Gasteiger partial charge is 0.493 e. The minimum absolute atomic E-state index is 0.160. The Bertz CT molecular complexity index is 855. The smallest absolute Gasteiger partial charge is 0.363 e. The minimum Gasteiger partial charge on any atom is -0.493 e. The number of unbranched alkanes of at least 4 members (excludes halogenated alkanes) is 1. The van der Waals surface area contributed by atoms with Gasteiger partial charge in [0.25, 0.3) is 5.90 Å². The Balaban J connectivity index is 1.88. The molecule has 1 aromatic heterocycles. The van der Waals surface area contributed by atoms with Gasteiger partial charge in [0.1, 0.15) is 0 Å². The molecule has 0 amide bonds. The molecule has 1 aliphatic rings. The van der Waals surface area contributed by atoms with Gasteiger partial charge in [0, 0.05) is 0 Å². The third kappa shape index (κ3) is 4.09. The second kappa shape index (κ2) is 8.39. The van der Waals surface area contributed by atoms with Crippen molar-refractivity contribution < 1.29 is 23.4 Å². The van der Waals surface area contributed by atoms with Crippen LogP contribution in [0.3, 0.4) is 0 Å². The second-order valence-electron chi connectivity index (χ2n) is 5.55. The van der Waals surface area contributed by atoms with Crippen LogP contribution in [0.5, 0.6) is 11.5 Å². The molecule has 2 heterocycles. The molecule has 0 unspecified atom stereocenters. The maximum atomic E-state index is 12.1. The van der Waals surface area contributed by atoms with E-state index in [0.717, 1.165) is 22.0 Å². The maximum Gasteiger partial charge on any atom is 0.363 e. The topological polar surface area (TPSA) is 70.3 Å². The molecule has 0 bridgehead atoms. The highest BCUT2D eigenvalue weighted by Gasteiger charge is 2.26. The lowest BCUT2D eigenvalue weighted by Crippen LogP contribution is -2.04. The molecule has 3 rings (SSSR count). The number of carbonyl (C=O) groups excluding carboxylic acids is 1. The molecule has 0 spiro atoms. The van der Waals surface area contributed by atoms with E-state index in [2.05, 4.69) is 34.5 Å². The molecular weight excluding hydrogens is 449 g/mol. The number of hydrogen-bond acceptors (Lipinski definition) is 6. The van der Waals surface area contributed by atoms with Crippen molar-refractivity contribution in [2.45, 2.75) is 19.8 Å². The van der Waals surface area contributed by atoms with Gasteiger partial charge in [0.15, 0.2) is 23.0 Å². The van der Waals surface area contributed by atoms with E-state index in [1.54, 1.807) is 25.3 Å². The van der Waals surface area contributed by atoms with E-state index in [0.29, 0.717) is 23.9 Å². The van der Waals surface area contributed by atoms with Gasteiger partial charge in [-0.1, -0.05) is 13.3 Å². The first-order chi connectivity index (χ1) is 12.6. The predicted molar refractivity (Wildman–Crippen MR) is 105 cm³/mol. The molecular formula is C19H18INO5. The van der Waals surface area contributed by atoms with Crippen molar-refractivity contribution in [1.82, 2.24) is 0 Å². The van der Waals surface area contributed by atoms with E-state index < -0.39 is 5.97 Å². The summed E-state index contributed by atoms with van der Waals surface area (Å²) in [6.45, 7) is 2.74. The molecule has 6 nitrogen and oxygen atoms in total. The lowest BCUT2D eigenvalue weighted by molar-refractivity contribution is -0.130. The van der Waals surface area contributed by atoms with Gasteiger partial charge in [0.05, 0.1) is 23.6 Å². The summed E-state index contributed by atoms with van der Waals surface area (Å²) in [5.41, 5.74) is 0.972. The fourth-order valence-corrected chi connectivity index (χ4v) is 3.14. The van der Waals surface area contributed by atoms with Gasteiger partial charge in [-0.25, -0.2) is 9.79 Å². The van der Waals surface area contributed by atoms with Crippen molar-refractivity contribution in [3.05, 3.63) is 51.1 Å². The molecule has 0 N–H and O–H groups in total. The first kappa shape index (κ1) is 18.5. The first-order valence-corrected chi connectivity index (χ1v) is 9.27. The number of nitrogens with zero attached hydrogens (tertiary/aromatic N) is 1. The van der Waals surface area contributed by atoms with Crippen LogP contribution in [-0.2, 0) is 9.53 Å². The van der Waals surface area contributed by atoms with E-state index in [-0.39, 0.29) is 11.6 Å². The fourth-order valence-electron chi connectivity index (χ4n) is 2.35. The predicted octanol–water partition coefficient (Wildman–Crippen LogP) is 4.42. The third-order valence-electron chi connectivity index (χ3n) is 3.65. The highest BCUT2D eigenvalue weighted by Crippen LogP contribution is 2.35. The Hall–Kier alpha value is -2.29. The highest BCUT2D eigenvalue weighted by atomic mass is 127. The zero-order chi connectivity index (χ0) is 18.5. The van der Waals surface area contributed by atoms with Crippen LogP contribution in [0.4, 0.5) is 0 Å². The summed E-state index contributed by atoms with van der Waals surface area (Å²) in [5.74, 6) is 1.37. The molecule has 1 aromatic carbocycles. The van der Waals surface area contributed by atoms with Crippen molar-refractivity contribution in [2.75, 3.05) is 13.7 Å². The van der Waals surface area contributed by atoms with Crippen molar-refractivity contribution in [2.24, 2.45) is 4.99 Å². The summed E-state index contributed by atoms with van der Waals surface area (Å²) in [6, 6.07) is 7.11. The molecule has 0 atom stereocenters. The number of benzene rings is 1. The Morgan fingerprint density at radius 1 is 1.35 bits per heavy atom. The number of rotatable bonds is 7. The molecule has 0 radical (unpaired) electrons. The van der Waals surface area contributed by atoms with Crippen molar-refractivity contribution in [3.63, 3.8) is 0 Å². The van der Waals surface area contributed by atoms with Gasteiger partial charge in [0.2, 0.25) is 0 Å². The Labute approximate surface area is 165 Å². The van der Waals surface area contributed by atoms with Crippen molar-refractivity contribution >= 4 is 40.5 Å². The Kier molecular flexibility index (Phi) is 5.97. The lowest BCUT2D eigenvalue weighted by atomic mass is 10.1. The second-order valence-corrected chi connectivity index (χ2v) is 6.71. The summed E-state index contributed by atoms with van der Waals surface area (Å²) in [7, 11) is 1.59. The number of cyclic esters (lactones) is 1. The van der Waals surface area contributed by atoms with Gasteiger partial charge in [-0.05, 0) is 64.9 Å². The standard InChI is InChI=1S/C19H18INO5/c1-3-4-7-25-17-13(20)9-12(11-16(17)23-2)10-14-19(22)26-18(21-14)15-6-5-8-24-15/h5-6,8-11H,3-4,7H2,1-2H3/b14-10-. The van der Waals surface area contributed by atoms with Crippen LogP contribution in [-0.4, -0.2) is 25.6 Å².